The predicted octanol–water partition coefficient (Wildman–Crippen LogP) is 2.84. The lowest BCUT2D eigenvalue weighted by Crippen LogP contribution is -2.52. The van der Waals surface area contributed by atoms with Crippen LogP contribution in [0.3, 0.4) is 0 Å². The fraction of sp³-hybridized carbons (Fsp3) is 0.545. The Morgan fingerprint density at radius 2 is 2.11 bits per heavy atom. The molecule has 1 amide bonds. The van der Waals surface area contributed by atoms with Crippen LogP contribution >= 0.6 is 0 Å². The van der Waals surface area contributed by atoms with Crippen molar-refractivity contribution in [1.82, 2.24) is 20.0 Å². The van der Waals surface area contributed by atoms with Gasteiger partial charge in [0.1, 0.15) is 11.4 Å². The number of fused-ring (bicyclic) bond motifs is 1. The van der Waals surface area contributed by atoms with E-state index >= 15 is 0 Å². The molecular formula is C22H30N4O2. The quantitative estimate of drug-likeness (QED) is 0.883. The van der Waals surface area contributed by atoms with Crippen molar-refractivity contribution in [3.63, 3.8) is 0 Å². The highest BCUT2D eigenvalue weighted by Gasteiger charge is 2.42. The summed E-state index contributed by atoms with van der Waals surface area (Å²) in [7, 11) is 2.03. The van der Waals surface area contributed by atoms with E-state index in [9.17, 15) is 4.79 Å². The molecule has 2 heterocycles. The number of nitrogens with one attached hydrogen (secondary N) is 1. The normalized spacial score (nSPS) is 25.6. The molecule has 28 heavy (non-hydrogen) atoms. The monoisotopic (exact) mass is 382 g/mol. The Bertz CT molecular complexity index is 797. The second-order valence-electron chi connectivity index (χ2n) is 8.28. The summed E-state index contributed by atoms with van der Waals surface area (Å²) >= 11 is 0. The number of benzene rings is 1. The minimum Gasteiger partial charge on any atom is -0.485 e. The highest BCUT2D eigenvalue weighted by Crippen LogP contribution is 2.38. The van der Waals surface area contributed by atoms with Crippen LogP contribution in [-0.4, -0.2) is 45.8 Å². The van der Waals surface area contributed by atoms with Crippen LogP contribution in [0.4, 0.5) is 0 Å². The third kappa shape index (κ3) is 3.92. The summed E-state index contributed by atoms with van der Waals surface area (Å²) in [6.07, 6.45) is 7.73. The number of para-hydroxylation sites is 1. The molecule has 1 aromatic heterocycles. The highest BCUT2D eigenvalue weighted by atomic mass is 16.5. The van der Waals surface area contributed by atoms with Crippen molar-refractivity contribution in [2.75, 3.05) is 13.6 Å². The predicted molar refractivity (Wildman–Crippen MR) is 108 cm³/mol. The Labute approximate surface area is 166 Å². The average Bonchev–Trinajstić information content (AvgIpc) is 3.16. The van der Waals surface area contributed by atoms with Gasteiger partial charge in [-0.05, 0) is 44.9 Å². The Hall–Kier alpha value is -2.34. The minimum absolute atomic E-state index is 0.129. The number of hydrogen-bond donors (Lipinski definition) is 1. The standard InChI is InChI=1S/C22H30N4O2/c1-17(14-26-13-5-12-24-26)21(27)25-15-18-6-3-4-7-20(18)28-22(16-25)10-8-19(23-2)9-11-22/h3-7,12-13,17,19,23H,8-11,14-16H2,1-2H3/t17-,19?,22?/m0/s1. The maximum atomic E-state index is 13.4. The number of amides is 1. The van der Waals surface area contributed by atoms with Crippen molar-refractivity contribution < 1.29 is 9.53 Å². The van der Waals surface area contributed by atoms with Crippen LogP contribution in [0.2, 0.25) is 0 Å². The molecule has 6 nitrogen and oxygen atoms in total. The van der Waals surface area contributed by atoms with Crippen LogP contribution in [0, 0.1) is 5.92 Å². The summed E-state index contributed by atoms with van der Waals surface area (Å²) in [5.74, 6) is 0.974. The van der Waals surface area contributed by atoms with Crippen molar-refractivity contribution in [2.24, 2.45) is 5.92 Å². The van der Waals surface area contributed by atoms with Gasteiger partial charge in [0.25, 0.3) is 0 Å². The first-order valence-corrected chi connectivity index (χ1v) is 10.3. The molecule has 1 saturated carbocycles. The van der Waals surface area contributed by atoms with Crippen molar-refractivity contribution in [3.05, 3.63) is 48.3 Å². The molecule has 1 atom stereocenters. The maximum Gasteiger partial charge on any atom is 0.227 e. The van der Waals surface area contributed by atoms with E-state index in [0.717, 1.165) is 37.0 Å². The van der Waals surface area contributed by atoms with E-state index < -0.39 is 0 Å². The van der Waals surface area contributed by atoms with Crippen LogP contribution in [0.1, 0.15) is 38.2 Å². The molecule has 150 valence electrons. The fourth-order valence-corrected chi connectivity index (χ4v) is 4.54. The smallest absolute Gasteiger partial charge is 0.227 e. The summed E-state index contributed by atoms with van der Waals surface area (Å²) in [6.45, 7) is 3.85. The maximum absolute atomic E-state index is 13.4. The summed E-state index contributed by atoms with van der Waals surface area (Å²) in [6, 6.07) is 10.6. The van der Waals surface area contributed by atoms with Crippen LogP contribution < -0.4 is 10.1 Å². The Kier molecular flexibility index (Phi) is 5.40. The first-order chi connectivity index (χ1) is 13.6. The van der Waals surface area contributed by atoms with Crippen LogP contribution in [0.25, 0.3) is 0 Å². The van der Waals surface area contributed by atoms with E-state index in [1.165, 1.54) is 0 Å². The molecule has 0 bridgehead atoms. The van der Waals surface area contributed by atoms with Gasteiger partial charge in [-0.25, -0.2) is 0 Å². The van der Waals surface area contributed by atoms with Crippen molar-refractivity contribution in [1.29, 1.82) is 0 Å². The first-order valence-electron chi connectivity index (χ1n) is 10.3. The molecule has 0 unspecified atom stereocenters. The third-order valence-corrected chi connectivity index (χ3v) is 6.20. The number of nitrogens with zero attached hydrogens (tertiary/aromatic N) is 3. The molecule has 1 aliphatic heterocycles. The van der Waals surface area contributed by atoms with Gasteiger partial charge in [0.2, 0.25) is 5.91 Å². The molecule has 1 N–H and O–H groups in total. The lowest BCUT2D eigenvalue weighted by molar-refractivity contribution is -0.139. The van der Waals surface area contributed by atoms with E-state index in [4.69, 9.17) is 4.74 Å². The van der Waals surface area contributed by atoms with Gasteiger partial charge >= 0.3 is 0 Å². The average molecular weight is 383 g/mol. The van der Waals surface area contributed by atoms with E-state index in [2.05, 4.69) is 16.5 Å². The molecule has 1 spiro atoms. The summed E-state index contributed by atoms with van der Waals surface area (Å²) < 4.78 is 8.44. The second kappa shape index (κ2) is 7.95. The van der Waals surface area contributed by atoms with Gasteiger partial charge in [-0.1, -0.05) is 25.1 Å². The molecule has 0 saturated heterocycles. The van der Waals surface area contributed by atoms with Gasteiger partial charge in [0.05, 0.1) is 19.0 Å². The zero-order valence-corrected chi connectivity index (χ0v) is 16.8. The fourth-order valence-electron chi connectivity index (χ4n) is 4.54. The molecular weight excluding hydrogens is 352 g/mol. The lowest BCUT2D eigenvalue weighted by atomic mass is 9.81. The zero-order chi connectivity index (χ0) is 19.6. The highest BCUT2D eigenvalue weighted by molar-refractivity contribution is 5.78. The first kappa shape index (κ1) is 19.0. The van der Waals surface area contributed by atoms with Crippen molar-refractivity contribution >= 4 is 5.91 Å². The molecule has 4 rings (SSSR count). The van der Waals surface area contributed by atoms with Crippen molar-refractivity contribution in [2.45, 2.75) is 57.3 Å². The van der Waals surface area contributed by atoms with E-state index in [1.807, 2.05) is 54.0 Å². The number of carbonyl (C=O) groups excluding carboxylic acids is 1. The lowest BCUT2D eigenvalue weighted by Gasteiger charge is -2.41. The van der Waals surface area contributed by atoms with Crippen LogP contribution in [-0.2, 0) is 17.9 Å². The van der Waals surface area contributed by atoms with Gasteiger partial charge in [-0.15, -0.1) is 0 Å². The summed E-state index contributed by atoms with van der Waals surface area (Å²) in [5.41, 5.74) is 0.802. The number of carbonyl (C=O) groups is 1. The largest absolute Gasteiger partial charge is 0.485 e. The van der Waals surface area contributed by atoms with Crippen LogP contribution in [0.15, 0.2) is 42.7 Å². The number of ether oxygens (including phenoxy) is 1. The van der Waals surface area contributed by atoms with Gasteiger partial charge in [0.15, 0.2) is 0 Å². The molecule has 2 aliphatic rings. The van der Waals surface area contributed by atoms with E-state index in [-0.39, 0.29) is 17.4 Å². The van der Waals surface area contributed by atoms with E-state index in [1.54, 1.807) is 6.20 Å². The van der Waals surface area contributed by atoms with Gasteiger partial charge in [0, 0.05) is 30.5 Å². The Morgan fingerprint density at radius 3 is 2.82 bits per heavy atom. The Balaban J connectivity index is 1.57. The van der Waals surface area contributed by atoms with Gasteiger partial charge in [-0.2, -0.15) is 5.10 Å². The van der Waals surface area contributed by atoms with Gasteiger partial charge in [-0.3, -0.25) is 9.48 Å². The second-order valence-corrected chi connectivity index (χ2v) is 8.28. The molecule has 1 aromatic carbocycles. The molecule has 0 radical (unpaired) electrons. The molecule has 1 fully saturated rings. The SMILES string of the molecule is CNC1CCC2(CC1)CN(C(=O)[C@@H](C)Cn1cccn1)Cc1ccccc1O2. The van der Waals surface area contributed by atoms with Crippen LogP contribution in [0.5, 0.6) is 5.75 Å². The van der Waals surface area contributed by atoms with Gasteiger partial charge < -0.3 is 15.0 Å². The molecule has 1 aliphatic carbocycles. The van der Waals surface area contributed by atoms with E-state index in [0.29, 0.717) is 25.7 Å². The zero-order valence-electron chi connectivity index (χ0n) is 16.8. The number of aromatic nitrogens is 2. The molecule has 2 aromatic rings. The molecule has 6 heteroatoms. The minimum atomic E-state index is -0.291. The topological polar surface area (TPSA) is 59.4 Å². The summed E-state index contributed by atoms with van der Waals surface area (Å²) in [5, 5.41) is 7.65. The number of hydrogen-bond acceptors (Lipinski definition) is 4. The van der Waals surface area contributed by atoms with Crippen molar-refractivity contribution in [3.8, 4) is 5.75 Å². The summed E-state index contributed by atoms with van der Waals surface area (Å²) in [4.78, 5) is 15.4. The third-order valence-electron chi connectivity index (χ3n) is 6.20. The Morgan fingerprint density at radius 1 is 1.32 bits per heavy atom. The number of rotatable bonds is 4.